The lowest BCUT2D eigenvalue weighted by Crippen LogP contribution is -2.66. The Morgan fingerprint density at radius 2 is 2.21 bits per heavy atom. The third-order valence-electron chi connectivity index (χ3n) is 7.09. The van der Waals surface area contributed by atoms with E-state index in [9.17, 15) is 14.7 Å². The first-order chi connectivity index (χ1) is 11.5. The number of carbonyl (C=O) groups excluding carboxylic acids is 2. The monoisotopic (exact) mass is 331 g/mol. The van der Waals surface area contributed by atoms with Crippen molar-refractivity contribution in [3.05, 3.63) is 23.7 Å². The zero-order valence-corrected chi connectivity index (χ0v) is 13.8. The van der Waals surface area contributed by atoms with Gasteiger partial charge in [-0.25, -0.2) is 0 Å². The van der Waals surface area contributed by atoms with Gasteiger partial charge in [-0.3, -0.25) is 9.59 Å². The highest BCUT2D eigenvalue weighted by molar-refractivity contribution is 6.00. The Balaban J connectivity index is 1.77. The first kappa shape index (κ1) is 14.7. The number of aliphatic hydroxyl groups is 1. The predicted octanol–water partition coefficient (Wildman–Crippen LogP) is 0.268. The Labute approximate surface area is 140 Å². The molecule has 1 saturated carbocycles. The van der Waals surface area contributed by atoms with Crippen molar-refractivity contribution in [1.82, 2.24) is 4.90 Å². The number of hydrogen-bond donors (Lipinski definition) is 1. The molecule has 1 N–H and O–H groups in total. The molecule has 6 nitrogen and oxygen atoms in total. The van der Waals surface area contributed by atoms with Crippen molar-refractivity contribution in [2.45, 2.75) is 31.1 Å². The molecule has 128 valence electrons. The van der Waals surface area contributed by atoms with Crippen molar-refractivity contribution in [3.63, 3.8) is 0 Å². The third kappa shape index (κ3) is 1.41. The molecular weight excluding hydrogens is 310 g/mol. The van der Waals surface area contributed by atoms with E-state index in [1.807, 2.05) is 6.08 Å². The van der Waals surface area contributed by atoms with Crippen molar-refractivity contribution >= 4 is 11.6 Å². The van der Waals surface area contributed by atoms with Crippen LogP contribution in [0.15, 0.2) is 23.7 Å². The molecule has 5 rings (SSSR count). The molecule has 2 aliphatic heterocycles. The zero-order valence-electron chi connectivity index (χ0n) is 13.8. The number of allylic oxidation sites excluding steroid dienone is 1. The van der Waals surface area contributed by atoms with Crippen LogP contribution >= 0.6 is 0 Å². The minimum absolute atomic E-state index is 0.0329. The Morgan fingerprint density at radius 1 is 1.42 bits per heavy atom. The van der Waals surface area contributed by atoms with Crippen LogP contribution in [0.25, 0.3) is 0 Å². The van der Waals surface area contributed by atoms with Crippen LogP contribution in [-0.4, -0.2) is 60.5 Å². The van der Waals surface area contributed by atoms with Gasteiger partial charge in [-0.05, 0) is 32.5 Å². The number of hydrogen-bond acceptors (Lipinski definition) is 6. The maximum absolute atomic E-state index is 12.6. The molecule has 2 bridgehead atoms. The van der Waals surface area contributed by atoms with Crippen LogP contribution < -0.4 is 0 Å². The average Bonchev–Trinajstić information content (AvgIpc) is 2.91. The van der Waals surface area contributed by atoms with Crippen LogP contribution in [0.4, 0.5) is 0 Å². The zero-order chi connectivity index (χ0) is 16.8. The molecule has 1 spiro atoms. The smallest absolute Gasteiger partial charge is 0.229 e. The summed E-state index contributed by atoms with van der Waals surface area (Å²) in [6, 6.07) is 0.223. The normalized spacial score (nSPS) is 49.1. The van der Waals surface area contributed by atoms with E-state index in [-0.39, 0.29) is 40.8 Å². The summed E-state index contributed by atoms with van der Waals surface area (Å²) in [5, 5.41) is 10.7. The molecule has 3 aliphatic carbocycles. The number of ether oxygens (including phenoxy) is 2. The van der Waals surface area contributed by atoms with Crippen LogP contribution in [0, 0.1) is 23.2 Å². The van der Waals surface area contributed by atoms with Gasteiger partial charge < -0.3 is 19.5 Å². The van der Waals surface area contributed by atoms with Gasteiger partial charge in [-0.2, -0.15) is 0 Å². The molecule has 5 aliphatic rings. The number of rotatable bonds is 1. The van der Waals surface area contributed by atoms with Crippen molar-refractivity contribution in [2.75, 3.05) is 20.7 Å². The molecule has 6 heteroatoms. The third-order valence-corrected chi connectivity index (χ3v) is 7.09. The highest BCUT2D eigenvalue weighted by Gasteiger charge is 2.72. The van der Waals surface area contributed by atoms with Gasteiger partial charge >= 0.3 is 0 Å². The maximum atomic E-state index is 12.6. The van der Waals surface area contributed by atoms with E-state index in [0.717, 1.165) is 19.4 Å². The Bertz CT molecular complexity index is 712. The number of methoxy groups -OCH3 is 1. The molecule has 7 atom stereocenters. The van der Waals surface area contributed by atoms with E-state index in [2.05, 4.69) is 11.9 Å². The molecule has 3 fully saturated rings. The Morgan fingerprint density at radius 3 is 2.96 bits per heavy atom. The largest absolute Gasteiger partial charge is 0.490 e. The lowest BCUT2D eigenvalue weighted by molar-refractivity contribution is -0.153. The number of likely N-dealkylation sites (tertiary alicyclic amines) is 1. The number of Topliss-reactive ketones (excluding diaryl/α,β-unsaturated/α-hetero) is 1. The fourth-order valence-electron chi connectivity index (χ4n) is 6.13. The topological polar surface area (TPSA) is 76.1 Å². The summed E-state index contributed by atoms with van der Waals surface area (Å²) >= 11 is 0. The molecular formula is C18H21NO5. The molecule has 2 saturated heterocycles. The summed E-state index contributed by atoms with van der Waals surface area (Å²) in [4.78, 5) is 27.4. The summed E-state index contributed by atoms with van der Waals surface area (Å²) in [5.74, 6) is 0.0482. The summed E-state index contributed by atoms with van der Waals surface area (Å²) in [6.45, 7) is 0.894. The van der Waals surface area contributed by atoms with Crippen LogP contribution in [0.3, 0.4) is 0 Å². The van der Waals surface area contributed by atoms with Crippen molar-refractivity contribution in [2.24, 2.45) is 23.2 Å². The highest BCUT2D eigenvalue weighted by atomic mass is 16.5. The van der Waals surface area contributed by atoms with Gasteiger partial charge in [0.15, 0.2) is 11.9 Å². The molecule has 0 aromatic rings. The first-order valence-electron chi connectivity index (χ1n) is 8.60. The fourth-order valence-corrected chi connectivity index (χ4v) is 6.13. The van der Waals surface area contributed by atoms with E-state index in [4.69, 9.17) is 9.47 Å². The highest BCUT2D eigenvalue weighted by Crippen LogP contribution is 2.67. The number of carbonyl (C=O) groups is 2. The SMILES string of the molecule is COC1=C2O[C@H]3C(=O)C=C[C@H]4[C@H]5CC(C(O)C1=O)C2[C@@]34CCN5C. The van der Waals surface area contributed by atoms with E-state index >= 15 is 0 Å². The minimum Gasteiger partial charge on any atom is -0.490 e. The molecule has 2 heterocycles. The standard InChI is InChI=1S/C18H21NO5/c1-19-6-5-18-9-3-4-11(20)17(18)24-15-12(18)8(7-10(9)19)13(21)14(22)16(15)23-2/h3-4,8-10,12-13,17,21H,5-7H2,1-2H3/t8?,9-,10+,12?,13?,17-,18-/m0/s1. The second-order valence-corrected chi connectivity index (χ2v) is 7.78. The van der Waals surface area contributed by atoms with E-state index in [1.54, 1.807) is 6.08 Å². The van der Waals surface area contributed by atoms with Crippen molar-refractivity contribution in [1.29, 1.82) is 0 Å². The van der Waals surface area contributed by atoms with Crippen molar-refractivity contribution in [3.8, 4) is 0 Å². The summed E-state index contributed by atoms with van der Waals surface area (Å²) < 4.78 is 11.4. The van der Waals surface area contributed by atoms with Gasteiger partial charge in [0, 0.05) is 29.2 Å². The van der Waals surface area contributed by atoms with Crippen LogP contribution in [0.2, 0.25) is 0 Å². The second-order valence-electron chi connectivity index (χ2n) is 7.78. The molecule has 0 radical (unpaired) electrons. The van der Waals surface area contributed by atoms with E-state index in [1.165, 1.54) is 7.11 Å². The quantitative estimate of drug-likeness (QED) is 0.743. The number of aliphatic hydroxyl groups excluding tert-OH is 1. The van der Waals surface area contributed by atoms with E-state index in [0.29, 0.717) is 5.76 Å². The Kier molecular flexibility index (Phi) is 2.74. The van der Waals surface area contributed by atoms with Crippen LogP contribution in [-0.2, 0) is 19.1 Å². The number of nitrogens with zero attached hydrogens (tertiary/aromatic N) is 1. The molecule has 0 aromatic heterocycles. The maximum Gasteiger partial charge on any atom is 0.229 e. The summed E-state index contributed by atoms with van der Waals surface area (Å²) in [6.07, 6.45) is 3.60. The number of ketones is 2. The molecule has 3 unspecified atom stereocenters. The second kappa shape index (κ2) is 4.49. The van der Waals surface area contributed by atoms with Crippen molar-refractivity contribution < 1.29 is 24.2 Å². The van der Waals surface area contributed by atoms with E-state index < -0.39 is 18.0 Å². The Hall–Kier alpha value is -1.66. The summed E-state index contributed by atoms with van der Waals surface area (Å²) in [5.41, 5.74) is -0.354. The molecule has 24 heavy (non-hydrogen) atoms. The van der Waals surface area contributed by atoms with Crippen LogP contribution in [0.5, 0.6) is 0 Å². The predicted molar refractivity (Wildman–Crippen MR) is 82.6 cm³/mol. The van der Waals surface area contributed by atoms with Gasteiger partial charge in [-0.15, -0.1) is 0 Å². The van der Waals surface area contributed by atoms with Gasteiger partial charge in [0.25, 0.3) is 0 Å². The molecule has 0 aromatic carbocycles. The van der Waals surface area contributed by atoms with Crippen LogP contribution in [0.1, 0.15) is 12.8 Å². The fraction of sp³-hybridized carbons (Fsp3) is 0.667. The lowest BCUT2D eigenvalue weighted by Gasteiger charge is -2.60. The van der Waals surface area contributed by atoms with Gasteiger partial charge in [-0.1, -0.05) is 6.08 Å². The minimum atomic E-state index is -1.08. The molecule has 0 amide bonds. The average molecular weight is 331 g/mol. The lowest BCUT2D eigenvalue weighted by atomic mass is 9.47. The number of piperidine rings is 1. The van der Waals surface area contributed by atoms with Gasteiger partial charge in [0.1, 0.15) is 11.9 Å². The van der Waals surface area contributed by atoms with Gasteiger partial charge in [0.2, 0.25) is 11.5 Å². The first-order valence-corrected chi connectivity index (χ1v) is 8.60. The summed E-state index contributed by atoms with van der Waals surface area (Å²) in [7, 11) is 3.51. The van der Waals surface area contributed by atoms with Gasteiger partial charge in [0.05, 0.1) is 7.11 Å².